The van der Waals surface area contributed by atoms with Gasteiger partial charge in [-0.3, -0.25) is 4.79 Å². The zero-order chi connectivity index (χ0) is 18.5. The predicted octanol–water partition coefficient (Wildman–Crippen LogP) is 5.05. The van der Waals surface area contributed by atoms with Crippen LogP contribution in [0.3, 0.4) is 0 Å². The lowest BCUT2D eigenvalue weighted by Crippen LogP contribution is -2.13. The maximum Gasteiger partial charge on any atom is 0.274 e. The van der Waals surface area contributed by atoms with Crippen LogP contribution in [0.2, 0.25) is 5.02 Å². The highest BCUT2D eigenvalue weighted by atomic mass is 35.5. The highest BCUT2D eigenvalue weighted by Crippen LogP contribution is 2.28. The standard InChI is InChI=1S/C20H18ClN3O2/c1-13-6-9-19(26-2)18(10-13)23-16-7-8-17(22-12-16)20(25)24-15-5-3-4-14(21)11-15/h3-12,23H,1-2H3,(H,24,25). The van der Waals surface area contributed by atoms with Gasteiger partial charge in [0.2, 0.25) is 0 Å². The Kier molecular flexibility index (Phi) is 5.39. The first-order chi connectivity index (χ1) is 12.5. The second-order valence-electron chi connectivity index (χ2n) is 5.73. The molecule has 0 radical (unpaired) electrons. The molecule has 2 aromatic carbocycles. The number of hydrogen-bond acceptors (Lipinski definition) is 4. The molecule has 0 aliphatic heterocycles. The lowest BCUT2D eigenvalue weighted by Gasteiger charge is -2.12. The minimum absolute atomic E-state index is 0.299. The first-order valence-electron chi connectivity index (χ1n) is 8.00. The molecule has 26 heavy (non-hydrogen) atoms. The Hall–Kier alpha value is -3.05. The number of pyridine rings is 1. The molecule has 1 aromatic heterocycles. The number of methoxy groups -OCH3 is 1. The van der Waals surface area contributed by atoms with Gasteiger partial charge in [-0.25, -0.2) is 4.98 Å². The Morgan fingerprint density at radius 2 is 1.92 bits per heavy atom. The van der Waals surface area contributed by atoms with Crippen LogP contribution >= 0.6 is 11.6 Å². The van der Waals surface area contributed by atoms with Gasteiger partial charge in [-0.15, -0.1) is 0 Å². The van der Waals surface area contributed by atoms with Crippen LogP contribution in [0.15, 0.2) is 60.8 Å². The monoisotopic (exact) mass is 367 g/mol. The summed E-state index contributed by atoms with van der Waals surface area (Å²) in [7, 11) is 1.62. The smallest absolute Gasteiger partial charge is 0.274 e. The SMILES string of the molecule is COc1ccc(C)cc1Nc1ccc(C(=O)Nc2cccc(Cl)c2)nc1. The average Bonchev–Trinajstić information content (AvgIpc) is 2.62. The van der Waals surface area contributed by atoms with Crippen molar-refractivity contribution >= 4 is 34.6 Å². The highest BCUT2D eigenvalue weighted by molar-refractivity contribution is 6.30. The lowest BCUT2D eigenvalue weighted by atomic mass is 10.2. The van der Waals surface area contributed by atoms with Crippen molar-refractivity contribution in [1.82, 2.24) is 4.98 Å². The topological polar surface area (TPSA) is 63.2 Å². The van der Waals surface area contributed by atoms with Gasteiger partial charge in [-0.1, -0.05) is 23.7 Å². The van der Waals surface area contributed by atoms with Gasteiger partial charge in [0.1, 0.15) is 11.4 Å². The van der Waals surface area contributed by atoms with Crippen molar-refractivity contribution in [2.24, 2.45) is 0 Å². The summed E-state index contributed by atoms with van der Waals surface area (Å²) in [4.78, 5) is 16.5. The maximum absolute atomic E-state index is 12.3. The van der Waals surface area contributed by atoms with Gasteiger partial charge >= 0.3 is 0 Å². The van der Waals surface area contributed by atoms with Crippen LogP contribution < -0.4 is 15.4 Å². The van der Waals surface area contributed by atoms with Crippen molar-refractivity contribution in [3.05, 3.63) is 77.1 Å². The van der Waals surface area contributed by atoms with Gasteiger partial charge in [0.25, 0.3) is 5.91 Å². The second kappa shape index (κ2) is 7.89. The summed E-state index contributed by atoms with van der Waals surface area (Å²) in [5.74, 6) is 0.435. The number of ether oxygens (including phenoxy) is 1. The molecule has 6 heteroatoms. The van der Waals surface area contributed by atoms with E-state index in [0.29, 0.717) is 16.4 Å². The third-order valence-electron chi connectivity index (χ3n) is 3.71. The molecule has 5 nitrogen and oxygen atoms in total. The summed E-state index contributed by atoms with van der Waals surface area (Å²) in [5, 5.41) is 6.58. The average molecular weight is 368 g/mol. The third kappa shape index (κ3) is 4.32. The van der Waals surface area contributed by atoms with Gasteiger partial charge < -0.3 is 15.4 Å². The first kappa shape index (κ1) is 17.8. The van der Waals surface area contributed by atoms with E-state index in [1.54, 1.807) is 49.7 Å². The van der Waals surface area contributed by atoms with Gasteiger partial charge in [0.05, 0.1) is 24.7 Å². The van der Waals surface area contributed by atoms with Crippen molar-refractivity contribution in [1.29, 1.82) is 0 Å². The quantitative estimate of drug-likeness (QED) is 0.662. The summed E-state index contributed by atoms with van der Waals surface area (Å²) in [5.41, 5.74) is 3.64. The van der Waals surface area contributed by atoms with E-state index in [2.05, 4.69) is 15.6 Å². The van der Waals surface area contributed by atoms with Crippen molar-refractivity contribution in [3.63, 3.8) is 0 Å². The minimum atomic E-state index is -0.299. The van der Waals surface area contributed by atoms with Crippen LogP contribution in [-0.2, 0) is 0 Å². The second-order valence-corrected chi connectivity index (χ2v) is 6.16. The third-order valence-corrected chi connectivity index (χ3v) is 3.95. The first-order valence-corrected chi connectivity index (χ1v) is 8.37. The molecule has 132 valence electrons. The molecule has 0 unspecified atom stereocenters. The minimum Gasteiger partial charge on any atom is -0.495 e. The molecule has 2 N–H and O–H groups in total. The number of nitrogens with one attached hydrogen (secondary N) is 2. The van der Waals surface area contributed by atoms with Gasteiger partial charge in [-0.2, -0.15) is 0 Å². The van der Waals surface area contributed by atoms with Crippen LogP contribution in [0, 0.1) is 6.92 Å². The number of carbonyl (C=O) groups excluding carboxylic acids is 1. The Balaban J connectivity index is 1.72. The van der Waals surface area contributed by atoms with Gasteiger partial charge in [0, 0.05) is 10.7 Å². The van der Waals surface area contributed by atoms with Crippen LogP contribution in [0.25, 0.3) is 0 Å². The number of halogens is 1. The van der Waals surface area contributed by atoms with E-state index in [1.807, 2.05) is 25.1 Å². The predicted molar refractivity (Wildman–Crippen MR) is 105 cm³/mol. The Morgan fingerprint density at radius 3 is 2.62 bits per heavy atom. The van der Waals surface area contributed by atoms with E-state index in [1.165, 1.54) is 0 Å². The molecule has 0 bridgehead atoms. The van der Waals surface area contributed by atoms with Crippen LogP contribution in [0.1, 0.15) is 16.1 Å². The molecule has 0 aliphatic rings. The molecule has 3 rings (SSSR count). The molecule has 1 heterocycles. The molecule has 0 saturated carbocycles. The number of benzene rings is 2. The molecule has 0 atom stereocenters. The number of anilines is 3. The number of nitrogens with zero attached hydrogens (tertiary/aromatic N) is 1. The van der Waals surface area contributed by atoms with Gasteiger partial charge in [-0.05, 0) is 55.0 Å². The number of hydrogen-bond donors (Lipinski definition) is 2. The summed E-state index contributed by atoms with van der Waals surface area (Å²) in [6.07, 6.45) is 1.61. The number of aromatic nitrogens is 1. The fraction of sp³-hybridized carbons (Fsp3) is 0.100. The van der Waals surface area contributed by atoms with Crippen molar-refractivity contribution in [2.75, 3.05) is 17.7 Å². The van der Waals surface area contributed by atoms with Crippen molar-refractivity contribution in [2.45, 2.75) is 6.92 Å². The molecular formula is C20H18ClN3O2. The summed E-state index contributed by atoms with van der Waals surface area (Å²) >= 11 is 5.92. The Labute approximate surface area is 157 Å². The fourth-order valence-corrected chi connectivity index (χ4v) is 2.63. The van der Waals surface area contributed by atoms with Crippen molar-refractivity contribution in [3.8, 4) is 5.75 Å². The van der Waals surface area contributed by atoms with E-state index in [-0.39, 0.29) is 5.91 Å². The number of amides is 1. The largest absolute Gasteiger partial charge is 0.495 e. The van der Waals surface area contributed by atoms with Crippen LogP contribution in [0.5, 0.6) is 5.75 Å². The normalized spacial score (nSPS) is 10.3. The summed E-state index contributed by atoms with van der Waals surface area (Å²) in [6, 6.07) is 16.3. The molecule has 3 aromatic rings. The zero-order valence-corrected chi connectivity index (χ0v) is 15.2. The Morgan fingerprint density at radius 1 is 1.08 bits per heavy atom. The molecular weight excluding hydrogens is 350 g/mol. The lowest BCUT2D eigenvalue weighted by molar-refractivity contribution is 0.102. The van der Waals surface area contributed by atoms with E-state index in [0.717, 1.165) is 22.7 Å². The fourth-order valence-electron chi connectivity index (χ4n) is 2.44. The number of rotatable bonds is 5. The Bertz CT molecular complexity index is 927. The van der Waals surface area contributed by atoms with Crippen LogP contribution in [0.4, 0.5) is 17.1 Å². The molecule has 0 aliphatic carbocycles. The van der Waals surface area contributed by atoms with Gasteiger partial charge in [0.15, 0.2) is 0 Å². The van der Waals surface area contributed by atoms with E-state index in [4.69, 9.17) is 16.3 Å². The number of carbonyl (C=O) groups is 1. The molecule has 1 amide bonds. The van der Waals surface area contributed by atoms with Crippen LogP contribution in [-0.4, -0.2) is 18.0 Å². The maximum atomic E-state index is 12.3. The molecule has 0 saturated heterocycles. The van der Waals surface area contributed by atoms with E-state index < -0.39 is 0 Å². The summed E-state index contributed by atoms with van der Waals surface area (Å²) in [6.45, 7) is 2.01. The molecule has 0 spiro atoms. The van der Waals surface area contributed by atoms with E-state index >= 15 is 0 Å². The number of aryl methyl sites for hydroxylation is 1. The summed E-state index contributed by atoms with van der Waals surface area (Å²) < 4.78 is 5.35. The van der Waals surface area contributed by atoms with E-state index in [9.17, 15) is 4.79 Å². The molecule has 0 fully saturated rings. The van der Waals surface area contributed by atoms with Crippen molar-refractivity contribution < 1.29 is 9.53 Å². The zero-order valence-electron chi connectivity index (χ0n) is 14.4. The highest BCUT2D eigenvalue weighted by Gasteiger charge is 2.09.